The fourth-order valence-corrected chi connectivity index (χ4v) is 3.50. The fourth-order valence-electron chi connectivity index (χ4n) is 3.50. The number of nitro benzene ring substituents is 1. The molecular weight excluding hydrogens is 348 g/mol. The summed E-state index contributed by atoms with van der Waals surface area (Å²) in [5.74, 6) is 1.45. The zero-order valence-corrected chi connectivity index (χ0v) is 15.4. The molecule has 0 bridgehead atoms. The van der Waals surface area contributed by atoms with E-state index in [0.29, 0.717) is 6.54 Å². The van der Waals surface area contributed by atoms with Gasteiger partial charge in [0.1, 0.15) is 11.5 Å². The van der Waals surface area contributed by atoms with E-state index in [0.717, 1.165) is 35.5 Å². The predicted molar refractivity (Wildman–Crippen MR) is 100 cm³/mol. The number of ether oxygens (including phenoxy) is 2. The molecule has 1 atom stereocenters. The Kier molecular flexibility index (Phi) is 5.59. The van der Waals surface area contributed by atoms with Crippen molar-refractivity contribution >= 4 is 11.6 Å². The van der Waals surface area contributed by atoms with Gasteiger partial charge in [-0.2, -0.15) is 0 Å². The van der Waals surface area contributed by atoms with Gasteiger partial charge < -0.3 is 14.4 Å². The summed E-state index contributed by atoms with van der Waals surface area (Å²) >= 11 is 0. The second kappa shape index (κ2) is 8.07. The van der Waals surface area contributed by atoms with Gasteiger partial charge in [0.05, 0.1) is 31.6 Å². The number of methoxy groups -OCH3 is 2. The van der Waals surface area contributed by atoms with Gasteiger partial charge in [0, 0.05) is 24.2 Å². The Morgan fingerprint density at radius 2 is 1.93 bits per heavy atom. The molecule has 1 aliphatic rings. The van der Waals surface area contributed by atoms with Crippen molar-refractivity contribution in [3.05, 3.63) is 63.7 Å². The Bertz CT molecular complexity index is 835. The van der Waals surface area contributed by atoms with Crippen LogP contribution in [-0.4, -0.2) is 36.5 Å². The van der Waals surface area contributed by atoms with E-state index in [-0.39, 0.29) is 24.1 Å². The van der Waals surface area contributed by atoms with Crippen molar-refractivity contribution in [1.82, 2.24) is 4.90 Å². The third-order valence-corrected chi connectivity index (χ3v) is 4.87. The molecule has 0 spiro atoms. The highest BCUT2D eigenvalue weighted by atomic mass is 16.6. The molecule has 2 aromatic rings. The van der Waals surface area contributed by atoms with Gasteiger partial charge in [0.2, 0.25) is 5.91 Å². The van der Waals surface area contributed by atoms with Gasteiger partial charge in [-0.05, 0) is 36.6 Å². The Labute approximate surface area is 157 Å². The molecular formula is C20H22N2O5. The fraction of sp³-hybridized carbons (Fsp3) is 0.350. The Balaban J connectivity index is 1.79. The smallest absolute Gasteiger partial charge is 0.269 e. The van der Waals surface area contributed by atoms with E-state index < -0.39 is 4.92 Å². The first-order chi connectivity index (χ1) is 13.0. The molecule has 2 aromatic carbocycles. The summed E-state index contributed by atoms with van der Waals surface area (Å²) in [6.07, 6.45) is 1.98. The van der Waals surface area contributed by atoms with Crippen LogP contribution in [0.2, 0.25) is 0 Å². The van der Waals surface area contributed by atoms with Gasteiger partial charge in [0.15, 0.2) is 0 Å². The summed E-state index contributed by atoms with van der Waals surface area (Å²) < 4.78 is 10.8. The standard InChI is InChI=1S/C20H22N2O5/c1-26-16-9-10-19(27-2)17(13-16)18-4-3-11-21(18)20(23)12-14-5-7-15(8-6-14)22(24)25/h5-10,13,18H,3-4,11-12H2,1-2H3. The molecule has 1 aliphatic heterocycles. The first-order valence-corrected chi connectivity index (χ1v) is 8.78. The number of benzene rings is 2. The normalized spacial score (nSPS) is 16.2. The van der Waals surface area contributed by atoms with E-state index in [2.05, 4.69) is 0 Å². The van der Waals surface area contributed by atoms with E-state index in [1.54, 1.807) is 26.4 Å². The van der Waals surface area contributed by atoms with Crippen LogP contribution in [0.5, 0.6) is 11.5 Å². The number of amides is 1. The highest BCUT2D eigenvalue weighted by Crippen LogP contribution is 2.39. The third-order valence-electron chi connectivity index (χ3n) is 4.87. The van der Waals surface area contributed by atoms with Gasteiger partial charge in [-0.3, -0.25) is 14.9 Å². The number of carbonyl (C=O) groups excluding carboxylic acids is 1. The number of non-ortho nitro benzene ring substituents is 1. The molecule has 7 nitrogen and oxygen atoms in total. The summed E-state index contributed by atoms with van der Waals surface area (Å²) in [5, 5.41) is 10.8. The molecule has 1 heterocycles. The molecule has 0 N–H and O–H groups in total. The molecule has 0 saturated carbocycles. The molecule has 0 aliphatic carbocycles. The number of carbonyl (C=O) groups is 1. The van der Waals surface area contributed by atoms with Crippen molar-refractivity contribution in [3.8, 4) is 11.5 Å². The van der Waals surface area contributed by atoms with Crippen molar-refractivity contribution < 1.29 is 19.2 Å². The van der Waals surface area contributed by atoms with Crippen molar-refractivity contribution in [1.29, 1.82) is 0 Å². The van der Waals surface area contributed by atoms with Crippen LogP contribution in [0.3, 0.4) is 0 Å². The highest BCUT2D eigenvalue weighted by molar-refractivity contribution is 5.79. The number of rotatable bonds is 6. The monoisotopic (exact) mass is 370 g/mol. The number of likely N-dealkylation sites (tertiary alicyclic amines) is 1. The van der Waals surface area contributed by atoms with Crippen molar-refractivity contribution in [2.75, 3.05) is 20.8 Å². The molecule has 3 rings (SSSR count). The molecule has 1 unspecified atom stereocenters. The van der Waals surface area contributed by atoms with Crippen LogP contribution in [0.25, 0.3) is 0 Å². The van der Waals surface area contributed by atoms with E-state index in [1.165, 1.54) is 12.1 Å². The van der Waals surface area contributed by atoms with E-state index in [4.69, 9.17) is 9.47 Å². The van der Waals surface area contributed by atoms with Crippen molar-refractivity contribution in [2.24, 2.45) is 0 Å². The van der Waals surface area contributed by atoms with Gasteiger partial charge in [-0.15, -0.1) is 0 Å². The van der Waals surface area contributed by atoms with Crippen LogP contribution in [0.1, 0.15) is 30.0 Å². The average Bonchev–Trinajstić information content (AvgIpc) is 3.17. The van der Waals surface area contributed by atoms with E-state index >= 15 is 0 Å². The summed E-state index contributed by atoms with van der Waals surface area (Å²) in [6, 6.07) is 11.7. The minimum Gasteiger partial charge on any atom is -0.497 e. The summed E-state index contributed by atoms with van der Waals surface area (Å²) in [4.78, 5) is 25.1. The molecule has 27 heavy (non-hydrogen) atoms. The molecule has 1 fully saturated rings. The topological polar surface area (TPSA) is 81.9 Å². The highest BCUT2D eigenvalue weighted by Gasteiger charge is 2.32. The first-order valence-electron chi connectivity index (χ1n) is 8.78. The zero-order chi connectivity index (χ0) is 19.4. The molecule has 0 radical (unpaired) electrons. The molecule has 1 saturated heterocycles. The maximum absolute atomic E-state index is 12.9. The Hall–Kier alpha value is -3.09. The van der Waals surface area contributed by atoms with Crippen LogP contribution in [0.15, 0.2) is 42.5 Å². The zero-order valence-electron chi connectivity index (χ0n) is 15.4. The number of hydrogen-bond acceptors (Lipinski definition) is 5. The molecule has 7 heteroatoms. The molecule has 142 valence electrons. The molecule has 1 amide bonds. The number of nitrogens with zero attached hydrogens (tertiary/aromatic N) is 2. The van der Waals surface area contributed by atoms with Gasteiger partial charge in [-0.25, -0.2) is 0 Å². The van der Waals surface area contributed by atoms with Crippen molar-refractivity contribution in [3.63, 3.8) is 0 Å². The largest absolute Gasteiger partial charge is 0.497 e. The lowest BCUT2D eigenvalue weighted by Gasteiger charge is -2.27. The van der Waals surface area contributed by atoms with Crippen LogP contribution in [0, 0.1) is 10.1 Å². The second-order valence-electron chi connectivity index (χ2n) is 6.45. The third kappa shape index (κ3) is 4.02. The maximum Gasteiger partial charge on any atom is 0.269 e. The lowest BCUT2D eigenvalue weighted by atomic mass is 10.0. The van der Waals surface area contributed by atoms with Gasteiger partial charge in [0.25, 0.3) is 5.69 Å². The first kappa shape index (κ1) is 18.7. The SMILES string of the molecule is COc1ccc(OC)c(C2CCCN2C(=O)Cc2ccc([N+](=O)[O-])cc2)c1. The minimum absolute atomic E-state index is 0.00349. The predicted octanol–water partition coefficient (Wildman–Crippen LogP) is 3.52. The minimum atomic E-state index is -0.447. The average molecular weight is 370 g/mol. The van der Waals surface area contributed by atoms with Crippen molar-refractivity contribution in [2.45, 2.75) is 25.3 Å². The van der Waals surface area contributed by atoms with Crippen LogP contribution < -0.4 is 9.47 Å². The van der Waals surface area contributed by atoms with Crippen LogP contribution >= 0.6 is 0 Å². The second-order valence-corrected chi connectivity index (χ2v) is 6.45. The Morgan fingerprint density at radius 3 is 2.56 bits per heavy atom. The van der Waals surface area contributed by atoms with E-state index in [9.17, 15) is 14.9 Å². The van der Waals surface area contributed by atoms with Gasteiger partial charge in [-0.1, -0.05) is 12.1 Å². The maximum atomic E-state index is 12.9. The quantitative estimate of drug-likeness (QED) is 0.574. The lowest BCUT2D eigenvalue weighted by molar-refractivity contribution is -0.384. The lowest BCUT2D eigenvalue weighted by Crippen LogP contribution is -2.32. The molecule has 0 aromatic heterocycles. The number of nitro groups is 1. The summed E-state index contributed by atoms with van der Waals surface area (Å²) in [5.41, 5.74) is 1.71. The van der Waals surface area contributed by atoms with E-state index in [1.807, 2.05) is 23.1 Å². The summed E-state index contributed by atoms with van der Waals surface area (Å²) in [6.45, 7) is 0.677. The number of hydrogen-bond donors (Lipinski definition) is 0. The van der Waals surface area contributed by atoms with Gasteiger partial charge >= 0.3 is 0 Å². The van der Waals surface area contributed by atoms with Crippen LogP contribution in [0.4, 0.5) is 5.69 Å². The van der Waals surface area contributed by atoms with Crippen LogP contribution in [-0.2, 0) is 11.2 Å². The summed E-state index contributed by atoms with van der Waals surface area (Å²) in [7, 11) is 3.22. The Morgan fingerprint density at radius 1 is 1.19 bits per heavy atom.